The molecule has 2 aromatic rings. The van der Waals surface area contributed by atoms with Gasteiger partial charge >= 0.3 is 0 Å². The molecule has 0 aromatic heterocycles. The Morgan fingerprint density at radius 3 is 2.55 bits per heavy atom. The number of benzene rings is 2. The highest BCUT2D eigenvalue weighted by molar-refractivity contribution is 7.81. The van der Waals surface area contributed by atoms with Crippen molar-refractivity contribution in [3.63, 3.8) is 0 Å². The molecular weight excluding hydrogens is 288 g/mol. The van der Waals surface area contributed by atoms with Gasteiger partial charge in [-0.3, -0.25) is 0 Å². The minimum Gasteiger partial charge on any atom is -0.379 e. The second-order valence-corrected chi connectivity index (χ2v) is 6.70. The van der Waals surface area contributed by atoms with Crippen molar-refractivity contribution in [1.29, 1.82) is 0 Å². The number of nitrogens with one attached hydrogen (secondary N) is 2. The standard InChI is InChI=1S/C19H20N2S/c1-19(2)13-14-8-6-7-11-16(14)17(21-19)12-18(22)20-15-9-4-3-5-10-15/h3-12,21H,13H2,1-2H3,(H,20,22)/b17-12-. The maximum Gasteiger partial charge on any atom is 0.105 e. The summed E-state index contributed by atoms with van der Waals surface area (Å²) in [5.41, 5.74) is 4.72. The molecule has 2 aromatic carbocycles. The Bertz CT molecular complexity index is 717. The Kier molecular flexibility index (Phi) is 3.99. The summed E-state index contributed by atoms with van der Waals surface area (Å²) < 4.78 is 0. The van der Waals surface area contributed by atoms with Gasteiger partial charge in [0.05, 0.1) is 0 Å². The molecule has 0 atom stereocenters. The molecule has 1 aliphatic heterocycles. The summed E-state index contributed by atoms with van der Waals surface area (Å²) in [6, 6.07) is 18.5. The molecule has 0 aliphatic carbocycles. The second-order valence-electron chi connectivity index (χ2n) is 6.26. The molecule has 1 heterocycles. The Labute approximate surface area is 137 Å². The largest absolute Gasteiger partial charge is 0.379 e. The molecular formula is C19H20N2S. The Morgan fingerprint density at radius 1 is 1.09 bits per heavy atom. The van der Waals surface area contributed by atoms with Crippen molar-refractivity contribution < 1.29 is 0 Å². The minimum absolute atomic E-state index is 0.0303. The van der Waals surface area contributed by atoms with Crippen LogP contribution in [0.1, 0.15) is 25.0 Å². The molecule has 0 spiro atoms. The minimum atomic E-state index is 0.0303. The van der Waals surface area contributed by atoms with E-state index in [2.05, 4.69) is 48.7 Å². The van der Waals surface area contributed by atoms with Crippen LogP contribution in [-0.4, -0.2) is 10.5 Å². The topological polar surface area (TPSA) is 24.1 Å². The summed E-state index contributed by atoms with van der Waals surface area (Å²) >= 11 is 5.49. The van der Waals surface area contributed by atoms with Gasteiger partial charge < -0.3 is 10.6 Å². The Morgan fingerprint density at radius 2 is 1.77 bits per heavy atom. The first kappa shape index (κ1) is 14.8. The molecule has 2 nitrogen and oxygen atoms in total. The molecule has 0 bridgehead atoms. The zero-order valence-corrected chi connectivity index (χ0v) is 13.7. The quantitative estimate of drug-likeness (QED) is 0.635. The van der Waals surface area contributed by atoms with Crippen LogP contribution in [0.25, 0.3) is 5.70 Å². The molecule has 112 valence electrons. The number of rotatable bonds is 2. The Hall–Kier alpha value is -2.13. The van der Waals surface area contributed by atoms with E-state index in [-0.39, 0.29) is 5.54 Å². The fraction of sp³-hybridized carbons (Fsp3) is 0.211. The van der Waals surface area contributed by atoms with Gasteiger partial charge in [-0.05, 0) is 44.0 Å². The van der Waals surface area contributed by atoms with Gasteiger partial charge in [-0.1, -0.05) is 54.7 Å². The molecule has 0 amide bonds. The van der Waals surface area contributed by atoms with Crippen molar-refractivity contribution >= 4 is 28.6 Å². The van der Waals surface area contributed by atoms with Crippen molar-refractivity contribution in [2.45, 2.75) is 25.8 Å². The highest BCUT2D eigenvalue weighted by Crippen LogP contribution is 2.29. The van der Waals surface area contributed by atoms with Gasteiger partial charge in [-0.2, -0.15) is 0 Å². The maximum atomic E-state index is 5.49. The van der Waals surface area contributed by atoms with E-state index < -0.39 is 0 Å². The third kappa shape index (κ3) is 3.37. The van der Waals surface area contributed by atoms with E-state index in [0.29, 0.717) is 4.99 Å². The zero-order valence-electron chi connectivity index (χ0n) is 12.9. The van der Waals surface area contributed by atoms with Crippen molar-refractivity contribution in [3.05, 3.63) is 71.8 Å². The van der Waals surface area contributed by atoms with Gasteiger partial charge in [0.2, 0.25) is 0 Å². The summed E-state index contributed by atoms with van der Waals surface area (Å²) in [4.78, 5) is 0.709. The summed E-state index contributed by atoms with van der Waals surface area (Å²) in [5, 5.41) is 6.86. The van der Waals surface area contributed by atoms with Crippen LogP contribution < -0.4 is 10.6 Å². The first-order valence-corrected chi connectivity index (χ1v) is 7.88. The molecule has 0 fully saturated rings. The summed E-state index contributed by atoms with van der Waals surface area (Å²) in [7, 11) is 0. The van der Waals surface area contributed by atoms with Gasteiger partial charge in [-0.25, -0.2) is 0 Å². The fourth-order valence-electron chi connectivity index (χ4n) is 2.83. The van der Waals surface area contributed by atoms with Crippen molar-refractivity contribution in [2.24, 2.45) is 0 Å². The SMILES string of the molecule is CC1(C)Cc2ccccc2/C(=C/C(=S)Nc2ccccc2)N1. The van der Waals surface area contributed by atoms with Gasteiger partial charge in [0, 0.05) is 22.5 Å². The number of anilines is 1. The highest BCUT2D eigenvalue weighted by Gasteiger charge is 2.27. The molecule has 2 N–H and O–H groups in total. The first-order valence-electron chi connectivity index (χ1n) is 7.48. The van der Waals surface area contributed by atoms with Crippen LogP contribution in [0.5, 0.6) is 0 Å². The van der Waals surface area contributed by atoms with Gasteiger partial charge in [0.25, 0.3) is 0 Å². The maximum absolute atomic E-state index is 5.49. The molecule has 1 aliphatic rings. The van der Waals surface area contributed by atoms with E-state index in [4.69, 9.17) is 12.2 Å². The van der Waals surface area contributed by atoms with Crippen molar-refractivity contribution in [2.75, 3.05) is 5.32 Å². The molecule has 22 heavy (non-hydrogen) atoms. The van der Waals surface area contributed by atoms with Crippen molar-refractivity contribution in [1.82, 2.24) is 5.32 Å². The van der Waals surface area contributed by atoms with E-state index in [9.17, 15) is 0 Å². The van der Waals surface area contributed by atoms with E-state index in [1.165, 1.54) is 11.1 Å². The summed E-state index contributed by atoms with van der Waals surface area (Å²) in [5.74, 6) is 0. The third-order valence-corrected chi connectivity index (χ3v) is 3.95. The van der Waals surface area contributed by atoms with Crippen LogP contribution in [-0.2, 0) is 6.42 Å². The lowest BCUT2D eigenvalue weighted by Crippen LogP contribution is -2.43. The second kappa shape index (κ2) is 5.93. The predicted molar refractivity (Wildman–Crippen MR) is 98.0 cm³/mol. The number of hydrogen-bond acceptors (Lipinski definition) is 2. The van der Waals surface area contributed by atoms with E-state index in [0.717, 1.165) is 17.8 Å². The van der Waals surface area contributed by atoms with Crippen LogP contribution in [0.2, 0.25) is 0 Å². The molecule has 3 heteroatoms. The number of fused-ring (bicyclic) bond motifs is 1. The van der Waals surface area contributed by atoms with Gasteiger partial charge in [0.1, 0.15) is 4.99 Å². The molecule has 0 unspecified atom stereocenters. The lowest BCUT2D eigenvalue weighted by molar-refractivity contribution is 0.437. The van der Waals surface area contributed by atoms with Crippen LogP contribution in [0, 0.1) is 0 Å². The predicted octanol–water partition coefficient (Wildman–Crippen LogP) is 4.39. The normalized spacial score (nSPS) is 17.5. The average Bonchev–Trinajstić information content (AvgIpc) is 2.47. The average molecular weight is 308 g/mol. The van der Waals surface area contributed by atoms with E-state index >= 15 is 0 Å². The smallest absolute Gasteiger partial charge is 0.105 e. The number of hydrogen-bond donors (Lipinski definition) is 2. The Balaban J connectivity index is 1.88. The molecule has 0 saturated heterocycles. The van der Waals surface area contributed by atoms with Crippen LogP contribution in [0.15, 0.2) is 60.7 Å². The van der Waals surface area contributed by atoms with Crippen LogP contribution >= 0.6 is 12.2 Å². The third-order valence-electron chi connectivity index (χ3n) is 3.73. The molecule has 3 rings (SSSR count). The highest BCUT2D eigenvalue weighted by atomic mass is 32.1. The monoisotopic (exact) mass is 308 g/mol. The van der Waals surface area contributed by atoms with Crippen LogP contribution in [0.4, 0.5) is 5.69 Å². The summed E-state index contributed by atoms with van der Waals surface area (Å²) in [6.07, 6.45) is 3.03. The van der Waals surface area contributed by atoms with Gasteiger partial charge in [-0.15, -0.1) is 0 Å². The molecule has 0 radical (unpaired) electrons. The lowest BCUT2D eigenvalue weighted by atomic mass is 9.86. The number of thiocarbonyl (C=S) groups is 1. The number of para-hydroxylation sites is 1. The summed E-state index contributed by atoms with van der Waals surface area (Å²) in [6.45, 7) is 4.43. The van der Waals surface area contributed by atoms with E-state index in [1.54, 1.807) is 0 Å². The van der Waals surface area contributed by atoms with Gasteiger partial charge in [0.15, 0.2) is 0 Å². The van der Waals surface area contributed by atoms with Crippen LogP contribution in [0.3, 0.4) is 0 Å². The first-order chi connectivity index (χ1) is 10.5. The zero-order chi connectivity index (χ0) is 15.6. The fourth-order valence-corrected chi connectivity index (χ4v) is 3.07. The van der Waals surface area contributed by atoms with E-state index in [1.807, 2.05) is 36.4 Å². The molecule has 0 saturated carbocycles. The van der Waals surface area contributed by atoms with Crippen molar-refractivity contribution in [3.8, 4) is 0 Å². The lowest BCUT2D eigenvalue weighted by Gasteiger charge is -2.35.